The second-order valence-corrected chi connectivity index (χ2v) is 7.19. The van der Waals surface area contributed by atoms with Crippen molar-refractivity contribution in [1.82, 2.24) is 10.2 Å². The van der Waals surface area contributed by atoms with Crippen LogP contribution in [-0.2, 0) is 0 Å². The molecule has 1 aromatic rings. The van der Waals surface area contributed by atoms with Crippen LogP contribution in [0.1, 0.15) is 36.5 Å². The second-order valence-electron chi connectivity index (χ2n) is 5.11. The van der Waals surface area contributed by atoms with Gasteiger partial charge in [-0.15, -0.1) is 0 Å². The van der Waals surface area contributed by atoms with Gasteiger partial charge in [-0.05, 0) is 67.1 Å². The number of halogens is 2. The highest BCUT2D eigenvalue weighted by Gasteiger charge is 2.21. The molecule has 0 aromatic heterocycles. The molecule has 110 valence electrons. The quantitative estimate of drug-likeness (QED) is 0.710. The number of rotatable bonds is 4. The number of likely N-dealkylation sites (N-methyl/N-ethyl adjacent to an activating group) is 1. The van der Waals surface area contributed by atoms with E-state index in [0.717, 1.165) is 33.2 Å². The fourth-order valence-electron chi connectivity index (χ4n) is 2.53. The highest BCUT2D eigenvalue weighted by Crippen LogP contribution is 2.20. The molecule has 1 aliphatic heterocycles. The minimum absolute atomic E-state index is 0.130. The molecular weight excluding hydrogens is 431 g/mol. The summed E-state index contributed by atoms with van der Waals surface area (Å²) in [5, 5.41) is 3.51. The van der Waals surface area contributed by atoms with Gasteiger partial charge in [-0.2, -0.15) is 0 Å². The molecule has 0 spiro atoms. The van der Waals surface area contributed by atoms with E-state index in [4.69, 9.17) is 0 Å². The molecule has 3 nitrogen and oxygen atoms in total. The minimum Gasteiger partial charge on any atom is -0.337 e. The molecule has 1 saturated heterocycles. The van der Waals surface area contributed by atoms with E-state index < -0.39 is 0 Å². The lowest BCUT2D eigenvalue weighted by Gasteiger charge is -2.30. The Hall–Kier alpha value is -0.140. The van der Waals surface area contributed by atoms with Gasteiger partial charge >= 0.3 is 0 Å². The van der Waals surface area contributed by atoms with Crippen LogP contribution < -0.4 is 5.32 Å². The lowest BCUT2D eigenvalue weighted by atomic mass is 10.0. The average Bonchev–Trinajstić information content (AvgIpc) is 2.47. The number of nitrogens with one attached hydrogen (secondary N) is 1. The molecular formula is C15H20BrIN2O. The number of carbonyl (C=O) groups excluding carboxylic acids is 1. The van der Waals surface area contributed by atoms with Crippen LogP contribution >= 0.6 is 38.5 Å². The van der Waals surface area contributed by atoms with Gasteiger partial charge in [0, 0.05) is 27.2 Å². The predicted molar refractivity (Wildman–Crippen MR) is 94.1 cm³/mol. The maximum Gasteiger partial charge on any atom is 0.255 e. The van der Waals surface area contributed by atoms with E-state index >= 15 is 0 Å². The first-order valence-electron chi connectivity index (χ1n) is 7.09. The highest BCUT2D eigenvalue weighted by atomic mass is 127. The summed E-state index contributed by atoms with van der Waals surface area (Å²) in [7, 11) is 0. The number of carbonyl (C=O) groups is 1. The van der Waals surface area contributed by atoms with E-state index in [0.29, 0.717) is 6.04 Å². The van der Waals surface area contributed by atoms with E-state index in [1.165, 1.54) is 19.3 Å². The zero-order valence-electron chi connectivity index (χ0n) is 11.7. The molecule has 5 heteroatoms. The molecule has 1 heterocycles. The molecule has 1 N–H and O–H groups in total. The number of hydrogen-bond acceptors (Lipinski definition) is 2. The first-order valence-corrected chi connectivity index (χ1v) is 8.96. The molecule has 1 amide bonds. The summed E-state index contributed by atoms with van der Waals surface area (Å²) >= 11 is 5.68. The van der Waals surface area contributed by atoms with E-state index in [1.54, 1.807) is 0 Å². The zero-order valence-corrected chi connectivity index (χ0v) is 15.4. The Bertz CT molecular complexity index is 475. The van der Waals surface area contributed by atoms with Crippen molar-refractivity contribution in [3.8, 4) is 0 Å². The van der Waals surface area contributed by atoms with Crippen LogP contribution in [0.3, 0.4) is 0 Å². The van der Waals surface area contributed by atoms with E-state index in [2.05, 4.69) is 43.8 Å². The fourth-order valence-corrected chi connectivity index (χ4v) is 3.46. The highest BCUT2D eigenvalue weighted by molar-refractivity contribution is 14.1. The first-order chi connectivity index (χ1) is 9.61. The van der Waals surface area contributed by atoms with Crippen LogP contribution in [0.15, 0.2) is 22.7 Å². The third kappa shape index (κ3) is 4.18. The monoisotopic (exact) mass is 450 g/mol. The summed E-state index contributed by atoms with van der Waals surface area (Å²) in [6.45, 7) is 4.67. The maximum absolute atomic E-state index is 12.7. The van der Waals surface area contributed by atoms with Crippen LogP contribution in [0.25, 0.3) is 0 Å². The Balaban J connectivity index is 2.09. The van der Waals surface area contributed by atoms with E-state index in [-0.39, 0.29) is 5.91 Å². The molecule has 1 fully saturated rings. The summed E-state index contributed by atoms with van der Waals surface area (Å²) in [5.74, 6) is 0.130. The van der Waals surface area contributed by atoms with Crippen LogP contribution in [0.2, 0.25) is 0 Å². The van der Waals surface area contributed by atoms with Crippen molar-refractivity contribution in [2.75, 3.05) is 19.6 Å². The third-order valence-corrected chi connectivity index (χ3v) is 5.11. The minimum atomic E-state index is 0.130. The number of amides is 1. The molecule has 0 aliphatic carbocycles. The van der Waals surface area contributed by atoms with Gasteiger partial charge in [0.25, 0.3) is 5.91 Å². The van der Waals surface area contributed by atoms with Crippen molar-refractivity contribution in [2.24, 2.45) is 0 Å². The summed E-state index contributed by atoms with van der Waals surface area (Å²) < 4.78 is 1.96. The number of piperidine rings is 1. The van der Waals surface area contributed by atoms with Crippen molar-refractivity contribution in [3.05, 3.63) is 31.8 Å². The predicted octanol–water partition coefficient (Wildman–Crippen LogP) is 3.66. The molecule has 0 saturated carbocycles. The van der Waals surface area contributed by atoms with E-state index in [1.807, 2.05) is 30.0 Å². The van der Waals surface area contributed by atoms with Crippen molar-refractivity contribution < 1.29 is 4.79 Å². The Labute approximate surface area is 142 Å². The molecule has 1 aromatic carbocycles. The van der Waals surface area contributed by atoms with E-state index in [9.17, 15) is 4.79 Å². The normalized spacial score (nSPS) is 18.9. The fraction of sp³-hybridized carbons (Fsp3) is 0.533. The Morgan fingerprint density at radius 2 is 2.30 bits per heavy atom. The van der Waals surface area contributed by atoms with Crippen molar-refractivity contribution in [1.29, 1.82) is 0 Å². The lowest BCUT2D eigenvalue weighted by molar-refractivity contribution is 0.0740. The molecule has 0 radical (unpaired) electrons. The Kier molecular flexibility index (Phi) is 6.29. The molecule has 1 aliphatic rings. The SMILES string of the molecule is CCN(CC1CCCCN1)C(=O)c1cc(Br)ccc1I. The summed E-state index contributed by atoms with van der Waals surface area (Å²) in [6, 6.07) is 6.31. The van der Waals surface area contributed by atoms with Gasteiger partial charge in [0.05, 0.1) is 5.56 Å². The number of nitrogens with zero attached hydrogens (tertiary/aromatic N) is 1. The molecule has 0 bridgehead atoms. The van der Waals surface area contributed by atoms with Gasteiger partial charge in [-0.25, -0.2) is 0 Å². The van der Waals surface area contributed by atoms with Crippen molar-refractivity contribution >= 4 is 44.4 Å². The van der Waals surface area contributed by atoms with Gasteiger partial charge in [-0.1, -0.05) is 22.4 Å². The van der Waals surface area contributed by atoms with Gasteiger partial charge < -0.3 is 10.2 Å². The van der Waals surface area contributed by atoms with Crippen LogP contribution in [0.4, 0.5) is 0 Å². The standard InChI is InChI=1S/C15H20BrIN2O/c1-2-19(10-12-5-3-4-8-18-12)15(20)13-9-11(16)6-7-14(13)17/h6-7,9,12,18H,2-5,8,10H2,1H3. The number of hydrogen-bond donors (Lipinski definition) is 1. The topological polar surface area (TPSA) is 32.3 Å². The van der Waals surface area contributed by atoms with Crippen LogP contribution in [0.5, 0.6) is 0 Å². The maximum atomic E-state index is 12.7. The lowest BCUT2D eigenvalue weighted by Crippen LogP contribution is -2.45. The third-order valence-electron chi connectivity index (χ3n) is 3.68. The average molecular weight is 451 g/mol. The van der Waals surface area contributed by atoms with Crippen LogP contribution in [0, 0.1) is 3.57 Å². The summed E-state index contributed by atoms with van der Waals surface area (Å²) in [6.07, 6.45) is 3.68. The number of benzene rings is 1. The molecule has 2 rings (SSSR count). The van der Waals surface area contributed by atoms with Gasteiger partial charge in [-0.3, -0.25) is 4.79 Å². The molecule has 20 heavy (non-hydrogen) atoms. The summed E-state index contributed by atoms with van der Waals surface area (Å²) in [4.78, 5) is 14.6. The Morgan fingerprint density at radius 1 is 1.50 bits per heavy atom. The smallest absolute Gasteiger partial charge is 0.255 e. The second kappa shape index (κ2) is 7.75. The van der Waals surface area contributed by atoms with Crippen molar-refractivity contribution in [2.45, 2.75) is 32.2 Å². The summed E-state index contributed by atoms with van der Waals surface area (Å²) in [5.41, 5.74) is 0.789. The molecule has 1 unspecified atom stereocenters. The van der Waals surface area contributed by atoms with Gasteiger partial charge in [0.2, 0.25) is 0 Å². The van der Waals surface area contributed by atoms with Gasteiger partial charge in [0.1, 0.15) is 0 Å². The van der Waals surface area contributed by atoms with Crippen molar-refractivity contribution in [3.63, 3.8) is 0 Å². The largest absolute Gasteiger partial charge is 0.337 e. The van der Waals surface area contributed by atoms with Gasteiger partial charge in [0.15, 0.2) is 0 Å². The van der Waals surface area contributed by atoms with Crippen LogP contribution in [-0.4, -0.2) is 36.5 Å². The molecule has 1 atom stereocenters. The Morgan fingerprint density at radius 3 is 2.95 bits per heavy atom. The zero-order chi connectivity index (χ0) is 14.5. The first kappa shape index (κ1) is 16.2.